The van der Waals surface area contributed by atoms with Crippen LogP contribution >= 0.6 is 0 Å². The Morgan fingerprint density at radius 1 is 1.13 bits per heavy atom. The molecule has 0 radical (unpaired) electrons. The number of ether oxygens (including phenoxy) is 1. The Morgan fingerprint density at radius 2 is 1.80 bits per heavy atom. The second-order valence-electron chi connectivity index (χ2n) is 5.89. The summed E-state index contributed by atoms with van der Waals surface area (Å²) < 4.78 is 8.67. The van der Waals surface area contributed by atoms with Crippen LogP contribution in [0.2, 0.25) is 0 Å². The number of rotatable bonds is 2. The number of aromatic nitrogens is 6. The largest absolute Gasteiger partial charge is 0.394 e. The summed E-state index contributed by atoms with van der Waals surface area (Å²) in [5.41, 5.74) is 6.57. The van der Waals surface area contributed by atoms with E-state index in [1.54, 1.807) is 17.8 Å². The first-order valence-corrected chi connectivity index (χ1v) is 9.95. The van der Waals surface area contributed by atoms with Crippen molar-refractivity contribution in [2.45, 2.75) is 59.2 Å². The van der Waals surface area contributed by atoms with Crippen LogP contribution < -0.4 is 5.73 Å². The minimum atomic E-state index is -1.19. The summed E-state index contributed by atoms with van der Waals surface area (Å²) in [6.45, 7) is 9.29. The number of anilines is 1. The SMILES string of the molecule is CC.CC.Cc1nc(N)c2ncn(C3OC(CO)C(O)C3O)c2n1.Cn1cccn1. The fourth-order valence-electron chi connectivity index (χ4n) is 2.69. The van der Waals surface area contributed by atoms with Crippen LogP contribution in [0.1, 0.15) is 39.7 Å². The molecule has 168 valence electrons. The van der Waals surface area contributed by atoms with E-state index < -0.39 is 31.1 Å². The van der Waals surface area contributed by atoms with E-state index >= 15 is 0 Å². The second-order valence-corrected chi connectivity index (χ2v) is 5.89. The zero-order valence-corrected chi connectivity index (χ0v) is 18.3. The highest BCUT2D eigenvalue weighted by Gasteiger charge is 2.44. The van der Waals surface area contributed by atoms with E-state index in [2.05, 4.69) is 20.1 Å². The molecule has 3 aromatic rings. The lowest BCUT2D eigenvalue weighted by Gasteiger charge is -2.16. The summed E-state index contributed by atoms with van der Waals surface area (Å²) >= 11 is 0. The van der Waals surface area contributed by atoms with Crippen molar-refractivity contribution in [2.75, 3.05) is 12.3 Å². The van der Waals surface area contributed by atoms with Gasteiger partial charge in [-0.15, -0.1) is 0 Å². The third-order valence-corrected chi connectivity index (χ3v) is 3.99. The number of nitrogen functional groups attached to an aromatic ring is 1. The van der Waals surface area contributed by atoms with Gasteiger partial charge in [0.1, 0.15) is 29.7 Å². The van der Waals surface area contributed by atoms with E-state index in [1.165, 1.54) is 10.9 Å². The van der Waals surface area contributed by atoms with E-state index in [-0.39, 0.29) is 5.82 Å². The molecule has 0 spiro atoms. The van der Waals surface area contributed by atoms with Gasteiger partial charge in [-0.3, -0.25) is 9.25 Å². The van der Waals surface area contributed by atoms with Gasteiger partial charge < -0.3 is 25.8 Å². The molecule has 1 aliphatic rings. The number of aliphatic hydroxyl groups is 3. The van der Waals surface area contributed by atoms with Gasteiger partial charge in [0.15, 0.2) is 17.7 Å². The predicted octanol–water partition coefficient (Wildman–Crippen LogP) is 0.801. The first kappa shape index (κ1) is 25.4. The molecule has 0 bridgehead atoms. The number of fused-ring (bicyclic) bond motifs is 1. The van der Waals surface area contributed by atoms with Crippen molar-refractivity contribution in [3.63, 3.8) is 0 Å². The fraction of sp³-hybridized carbons (Fsp3) is 0.579. The fourth-order valence-corrected chi connectivity index (χ4v) is 2.69. The zero-order chi connectivity index (χ0) is 22.8. The number of imidazole rings is 1. The normalized spacial score (nSPS) is 22.3. The van der Waals surface area contributed by atoms with E-state index in [0.717, 1.165) is 0 Å². The lowest BCUT2D eigenvalue weighted by Crippen LogP contribution is -2.33. The molecule has 3 aromatic heterocycles. The van der Waals surface area contributed by atoms with Gasteiger partial charge in [-0.25, -0.2) is 15.0 Å². The van der Waals surface area contributed by atoms with Crippen molar-refractivity contribution >= 4 is 17.0 Å². The molecule has 0 amide bonds. The van der Waals surface area contributed by atoms with Crippen molar-refractivity contribution in [3.8, 4) is 0 Å². The highest BCUT2D eigenvalue weighted by Crippen LogP contribution is 2.31. The molecule has 1 fully saturated rings. The molecule has 5 N–H and O–H groups in total. The minimum Gasteiger partial charge on any atom is -0.394 e. The maximum absolute atomic E-state index is 10.0. The van der Waals surface area contributed by atoms with Crippen LogP contribution in [0, 0.1) is 6.92 Å². The molecule has 1 saturated heterocycles. The van der Waals surface area contributed by atoms with Crippen LogP contribution in [0.3, 0.4) is 0 Å². The number of nitrogens with two attached hydrogens (primary N) is 1. The van der Waals surface area contributed by atoms with Crippen LogP contribution in [0.4, 0.5) is 5.82 Å². The maximum Gasteiger partial charge on any atom is 0.167 e. The van der Waals surface area contributed by atoms with Crippen LogP contribution in [0.15, 0.2) is 24.8 Å². The average molecular weight is 424 g/mol. The van der Waals surface area contributed by atoms with Gasteiger partial charge in [-0.2, -0.15) is 5.10 Å². The quantitative estimate of drug-likeness (QED) is 0.468. The second kappa shape index (κ2) is 12.2. The highest BCUT2D eigenvalue weighted by molar-refractivity contribution is 5.81. The minimum absolute atomic E-state index is 0.234. The van der Waals surface area contributed by atoms with Gasteiger partial charge in [-0.05, 0) is 13.0 Å². The van der Waals surface area contributed by atoms with Crippen LogP contribution in [-0.2, 0) is 11.8 Å². The van der Waals surface area contributed by atoms with Crippen LogP contribution in [-0.4, -0.2) is 69.5 Å². The predicted molar refractivity (Wildman–Crippen MR) is 113 cm³/mol. The first-order valence-electron chi connectivity index (χ1n) is 9.95. The Labute approximate surface area is 176 Å². The highest BCUT2D eigenvalue weighted by atomic mass is 16.6. The van der Waals surface area contributed by atoms with Crippen molar-refractivity contribution in [1.82, 2.24) is 29.3 Å². The summed E-state index contributed by atoms with van der Waals surface area (Å²) in [6.07, 6.45) is 0.938. The maximum atomic E-state index is 10.0. The van der Waals surface area contributed by atoms with Gasteiger partial charge in [0, 0.05) is 19.4 Å². The monoisotopic (exact) mass is 423 g/mol. The van der Waals surface area contributed by atoms with Gasteiger partial charge in [0.25, 0.3) is 0 Å². The summed E-state index contributed by atoms with van der Waals surface area (Å²) in [4.78, 5) is 12.3. The van der Waals surface area contributed by atoms with Crippen LogP contribution in [0.5, 0.6) is 0 Å². The van der Waals surface area contributed by atoms with Crippen molar-refractivity contribution in [1.29, 1.82) is 0 Å². The average Bonchev–Trinajstić information content (AvgIpc) is 3.46. The van der Waals surface area contributed by atoms with E-state index in [9.17, 15) is 10.2 Å². The van der Waals surface area contributed by atoms with Gasteiger partial charge >= 0.3 is 0 Å². The molecule has 0 saturated carbocycles. The summed E-state index contributed by atoms with van der Waals surface area (Å²) in [7, 11) is 1.89. The lowest BCUT2D eigenvalue weighted by molar-refractivity contribution is -0.0511. The Bertz CT molecular complexity index is 869. The molecule has 11 heteroatoms. The number of aryl methyl sites for hydroxylation is 2. The molecule has 4 atom stereocenters. The topological polar surface area (TPSA) is 157 Å². The van der Waals surface area contributed by atoms with Crippen molar-refractivity contribution in [2.24, 2.45) is 7.05 Å². The molecule has 4 heterocycles. The number of hydrogen-bond acceptors (Lipinski definition) is 9. The third kappa shape index (κ3) is 5.72. The van der Waals surface area contributed by atoms with Crippen molar-refractivity contribution in [3.05, 3.63) is 30.6 Å². The van der Waals surface area contributed by atoms with Crippen LogP contribution in [0.25, 0.3) is 11.2 Å². The van der Waals surface area contributed by atoms with Gasteiger partial charge in [0.05, 0.1) is 12.9 Å². The zero-order valence-electron chi connectivity index (χ0n) is 18.3. The molecule has 4 unspecified atom stereocenters. The Kier molecular flexibility index (Phi) is 10.3. The smallest absolute Gasteiger partial charge is 0.167 e. The number of aliphatic hydroxyl groups excluding tert-OH is 3. The molecular weight excluding hydrogens is 390 g/mol. The number of hydrogen-bond donors (Lipinski definition) is 4. The Hall–Kier alpha value is -2.60. The molecular formula is C19H33N7O4. The standard InChI is InChI=1S/C11H15N5O4.C4H6N2.2C2H6/c1-4-14-9(12)6-10(15-4)16(3-13-6)11-8(19)7(18)5(2-17)20-11;1-6-4-2-3-5-6;2*1-2/h3,5,7-8,11,17-19H,2H2,1H3,(H2,12,14,15);2-4H,1H3;2*1-2H3. The van der Waals surface area contributed by atoms with E-state index in [0.29, 0.717) is 17.0 Å². The Balaban J connectivity index is 0.000000378. The molecule has 11 nitrogen and oxygen atoms in total. The van der Waals surface area contributed by atoms with Crippen molar-refractivity contribution < 1.29 is 20.1 Å². The van der Waals surface area contributed by atoms with E-state index in [4.69, 9.17) is 15.6 Å². The molecule has 4 rings (SSSR count). The van der Waals surface area contributed by atoms with Gasteiger partial charge in [-0.1, -0.05) is 27.7 Å². The Morgan fingerprint density at radius 3 is 2.27 bits per heavy atom. The molecule has 1 aliphatic heterocycles. The lowest BCUT2D eigenvalue weighted by atomic mass is 10.1. The molecule has 30 heavy (non-hydrogen) atoms. The summed E-state index contributed by atoms with van der Waals surface area (Å²) in [5, 5.41) is 32.7. The summed E-state index contributed by atoms with van der Waals surface area (Å²) in [6, 6.07) is 1.89. The number of nitrogens with zero attached hydrogens (tertiary/aromatic N) is 6. The first-order chi connectivity index (χ1) is 14.4. The molecule has 0 aliphatic carbocycles. The third-order valence-electron chi connectivity index (χ3n) is 3.99. The summed E-state index contributed by atoms with van der Waals surface area (Å²) in [5.74, 6) is 0.696. The van der Waals surface area contributed by atoms with E-state index in [1.807, 2.05) is 47.0 Å². The van der Waals surface area contributed by atoms with Gasteiger partial charge in [0.2, 0.25) is 0 Å². The molecule has 0 aromatic carbocycles.